The van der Waals surface area contributed by atoms with Crippen molar-refractivity contribution in [3.8, 4) is 0 Å². The van der Waals surface area contributed by atoms with Gasteiger partial charge in [0.25, 0.3) is 0 Å². The van der Waals surface area contributed by atoms with Gasteiger partial charge in [0.15, 0.2) is 0 Å². The first-order chi connectivity index (χ1) is 28.6. The molecule has 0 radical (unpaired) electrons. The van der Waals surface area contributed by atoms with Gasteiger partial charge in [0.1, 0.15) is 6.10 Å². The molecule has 0 aliphatic carbocycles. The van der Waals surface area contributed by atoms with Crippen LogP contribution in [0.15, 0.2) is 12.2 Å². The van der Waals surface area contributed by atoms with E-state index in [1.54, 1.807) is 0 Å². The molecule has 1 amide bonds. The zero-order valence-electron chi connectivity index (χ0n) is 39.5. The number of rotatable bonds is 49. The fourth-order valence-electron chi connectivity index (χ4n) is 8.52. The molecule has 0 aromatic carbocycles. The Labute approximate surface area is 363 Å². The summed E-state index contributed by atoms with van der Waals surface area (Å²) in [4.78, 5) is 12.4. The van der Waals surface area contributed by atoms with E-state index < -0.39 is 18.2 Å². The van der Waals surface area contributed by atoms with E-state index in [2.05, 4.69) is 31.3 Å². The quantitative estimate of drug-likeness (QED) is 0.0364. The first-order valence-electron chi connectivity index (χ1n) is 26.5. The normalized spacial score (nSPS) is 13.4. The zero-order chi connectivity index (χ0) is 42.3. The van der Waals surface area contributed by atoms with Crippen LogP contribution in [0.2, 0.25) is 0 Å². The Morgan fingerprint density at radius 3 is 1.00 bits per heavy atom. The van der Waals surface area contributed by atoms with Gasteiger partial charge in [-0.3, -0.25) is 4.79 Å². The molecule has 3 atom stereocenters. The van der Waals surface area contributed by atoms with Crippen LogP contribution in [0.3, 0.4) is 0 Å². The maximum Gasteiger partial charge on any atom is 0.220 e. The molecule has 0 saturated carbocycles. The van der Waals surface area contributed by atoms with E-state index in [-0.39, 0.29) is 12.5 Å². The van der Waals surface area contributed by atoms with Crippen molar-refractivity contribution in [3.63, 3.8) is 0 Å². The highest BCUT2D eigenvalue weighted by Crippen LogP contribution is 2.18. The molecular weight excluding hydrogens is 715 g/mol. The van der Waals surface area contributed by atoms with Gasteiger partial charge in [-0.1, -0.05) is 264 Å². The maximum atomic E-state index is 12.4. The zero-order valence-corrected chi connectivity index (χ0v) is 39.5. The van der Waals surface area contributed by atoms with E-state index in [4.69, 9.17) is 0 Å². The third-order valence-electron chi connectivity index (χ3n) is 12.6. The highest BCUT2D eigenvalue weighted by molar-refractivity contribution is 5.76. The molecule has 0 aliphatic heterocycles. The number of unbranched alkanes of at least 4 members (excludes halogenated alkanes) is 39. The van der Waals surface area contributed by atoms with Crippen molar-refractivity contribution in [1.82, 2.24) is 5.32 Å². The van der Waals surface area contributed by atoms with Gasteiger partial charge in [-0.25, -0.2) is 0 Å². The number of hydrogen-bond acceptors (Lipinski definition) is 4. The molecule has 0 aromatic heterocycles. The summed E-state index contributed by atoms with van der Waals surface area (Å²) in [5.41, 5.74) is 0. The average molecular weight is 820 g/mol. The lowest BCUT2D eigenvalue weighted by Gasteiger charge is -2.26. The van der Waals surface area contributed by atoms with E-state index in [1.807, 2.05) is 0 Å². The fraction of sp³-hybridized carbons (Fsp3) is 0.943. The lowest BCUT2D eigenvalue weighted by molar-refractivity contribution is -0.124. The first kappa shape index (κ1) is 57.1. The monoisotopic (exact) mass is 820 g/mol. The molecule has 0 rings (SSSR count). The Kier molecular flexibility index (Phi) is 48.0. The molecule has 5 nitrogen and oxygen atoms in total. The summed E-state index contributed by atoms with van der Waals surface area (Å²) in [7, 11) is 0. The van der Waals surface area contributed by atoms with E-state index in [1.165, 1.54) is 231 Å². The van der Waals surface area contributed by atoms with Crippen LogP contribution in [-0.2, 0) is 4.79 Å². The minimum Gasteiger partial charge on any atom is -0.394 e. The van der Waals surface area contributed by atoms with Gasteiger partial charge in [0.05, 0.1) is 18.8 Å². The maximum absolute atomic E-state index is 12.4. The summed E-state index contributed by atoms with van der Waals surface area (Å²) in [5.74, 6) is -0.151. The second-order valence-electron chi connectivity index (χ2n) is 18.4. The SMILES string of the molecule is CCCCCC/C=C/CCCC(O)C(O)C(CO)NC(=O)CCCCCCCCCCCCCCCCCCCCCCCCCCCCCCCCCCCCC. The number of hydrogen-bond donors (Lipinski definition) is 4. The molecule has 5 heteroatoms. The van der Waals surface area contributed by atoms with Crippen LogP contribution in [0, 0.1) is 0 Å². The van der Waals surface area contributed by atoms with Crippen molar-refractivity contribution in [3.05, 3.63) is 12.2 Å². The summed E-state index contributed by atoms with van der Waals surface area (Å²) in [5, 5.41) is 33.4. The van der Waals surface area contributed by atoms with Gasteiger partial charge in [0.2, 0.25) is 5.91 Å². The van der Waals surface area contributed by atoms with Crippen LogP contribution >= 0.6 is 0 Å². The second kappa shape index (κ2) is 48.8. The third kappa shape index (κ3) is 43.2. The molecule has 0 fully saturated rings. The summed E-state index contributed by atoms with van der Waals surface area (Å²) >= 11 is 0. The molecule has 346 valence electrons. The average Bonchev–Trinajstić information content (AvgIpc) is 3.23. The van der Waals surface area contributed by atoms with Crippen LogP contribution in [0.1, 0.15) is 296 Å². The van der Waals surface area contributed by atoms with Gasteiger partial charge < -0.3 is 20.6 Å². The lowest BCUT2D eigenvalue weighted by atomic mass is 10.0. The molecule has 0 aromatic rings. The van der Waals surface area contributed by atoms with Crippen LogP contribution in [0.4, 0.5) is 0 Å². The number of carbonyl (C=O) groups is 1. The van der Waals surface area contributed by atoms with Gasteiger partial charge in [-0.05, 0) is 38.5 Å². The highest BCUT2D eigenvalue weighted by atomic mass is 16.3. The van der Waals surface area contributed by atoms with Gasteiger partial charge in [-0.2, -0.15) is 0 Å². The molecule has 0 spiro atoms. The minimum atomic E-state index is -1.15. The minimum absolute atomic E-state index is 0.151. The van der Waals surface area contributed by atoms with Crippen LogP contribution in [-0.4, -0.2) is 46.1 Å². The molecule has 4 N–H and O–H groups in total. The van der Waals surface area contributed by atoms with Crippen molar-refractivity contribution >= 4 is 5.91 Å². The number of aliphatic hydroxyl groups excluding tert-OH is 3. The summed E-state index contributed by atoms with van der Waals surface area (Å²) in [6.45, 7) is 4.15. The fourth-order valence-corrected chi connectivity index (χ4v) is 8.52. The van der Waals surface area contributed by atoms with E-state index in [0.717, 1.165) is 38.5 Å². The topological polar surface area (TPSA) is 89.8 Å². The summed E-state index contributed by atoms with van der Waals surface area (Å²) in [6, 6.07) is -0.820. The smallest absolute Gasteiger partial charge is 0.220 e. The van der Waals surface area contributed by atoms with E-state index in [0.29, 0.717) is 12.8 Å². The predicted molar refractivity (Wildman–Crippen MR) is 255 cm³/mol. The Morgan fingerprint density at radius 1 is 0.414 bits per heavy atom. The number of aliphatic hydroxyl groups is 3. The Bertz CT molecular complexity index is 818. The number of nitrogens with one attached hydrogen (secondary N) is 1. The number of carbonyl (C=O) groups excluding carboxylic acids is 1. The molecule has 58 heavy (non-hydrogen) atoms. The Hall–Kier alpha value is -0.910. The molecule has 0 aliphatic rings. The summed E-state index contributed by atoms with van der Waals surface area (Å²) in [6.07, 6.45) is 59.7. The van der Waals surface area contributed by atoms with Crippen molar-refractivity contribution < 1.29 is 20.1 Å². The Morgan fingerprint density at radius 2 is 0.690 bits per heavy atom. The third-order valence-corrected chi connectivity index (χ3v) is 12.6. The van der Waals surface area contributed by atoms with Gasteiger partial charge in [0, 0.05) is 6.42 Å². The van der Waals surface area contributed by atoms with E-state index in [9.17, 15) is 20.1 Å². The van der Waals surface area contributed by atoms with Crippen molar-refractivity contribution in [2.45, 2.75) is 315 Å². The van der Waals surface area contributed by atoms with Gasteiger partial charge in [-0.15, -0.1) is 0 Å². The predicted octanol–water partition coefficient (Wildman–Crippen LogP) is 15.9. The van der Waals surface area contributed by atoms with Gasteiger partial charge >= 0.3 is 0 Å². The molecule has 0 heterocycles. The van der Waals surface area contributed by atoms with E-state index >= 15 is 0 Å². The largest absolute Gasteiger partial charge is 0.394 e. The molecule has 0 bridgehead atoms. The lowest BCUT2D eigenvalue weighted by Crippen LogP contribution is -2.50. The van der Waals surface area contributed by atoms with Crippen LogP contribution < -0.4 is 5.32 Å². The second-order valence-corrected chi connectivity index (χ2v) is 18.4. The first-order valence-corrected chi connectivity index (χ1v) is 26.5. The highest BCUT2D eigenvalue weighted by Gasteiger charge is 2.26. The Balaban J connectivity index is 3.38. The standard InChI is InChI=1S/C53H105NO4/c1-3-5-7-9-11-13-14-15-16-17-18-19-20-21-22-23-24-25-26-27-28-29-30-31-32-33-34-35-36-37-38-40-42-44-46-48-52(57)54-50(49-55)53(58)51(56)47-45-43-41-39-12-10-8-6-4-2/h39,41,50-51,53,55-56,58H,3-38,40,42-49H2,1-2H3,(H,54,57)/b41-39+. The molecular formula is C53H105NO4. The van der Waals surface area contributed by atoms with Crippen molar-refractivity contribution in [2.24, 2.45) is 0 Å². The van der Waals surface area contributed by atoms with Crippen LogP contribution in [0.5, 0.6) is 0 Å². The number of allylic oxidation sites excluding steroid dienone is 2. The summed E-state index contributed by atoms with van der Waals surface area (Å²) < 4.78 is 0. The van der Waals surface area contributed by atoms with Crippen LogP contribution in [0.25, 0.3) is 0 Å². The van der Waals surface area contributed by atoms with Crippen molar-refractivity contribution in [1.29, 1.82) is 0 Å². The molecule has 0 saturated heterocycles. The molecule has 3 unspecified atom stereocenters. The van der Waals surface area contributed by atoms with Crippen molar-refractivity contribution in [2.75, 3.05) is 6.61 Å². The number of amides is 1.